The minimum absolute atomic E-state index is 0.139. The molecule has 0 saturated heterocycles. The van der Waals surface area contributed by atoms with E-state index in [0.717, 1.165) is 5.56 Å². The lowest BCUT2D eigenvalue weighted by molar-refractivity contribution is -0.148. The van der Waals surface area contributed by atoms with E-state index in [0.29, 0.717) is 12.0 Å². The number of hydrogen-bond donors (Lipinski definition) is 0. The second-order valence-electron chi connectivity index (χ2n) is 3.67. The van der Waals surface area contributed by atoms with Gasteiger partial charge >= 0.3 is 11.9 Å². The highest BCUT2D eigenvalue weighted by Crippen LogP contribution is 2.08. The number of benzene rings is 1. The molecule has 0 N–H and O–H groups in total. The van der Waals surface area contributed by atoms with Crippen LogP contribution in [0.5, 0.6) is 0 Å². The topological polar surface area (TPSA) is 76.4 Å². The largest absolute Gasteiger partial charge is 0.463 e. The van der Waals surface area contributed by atoms with Gasteiger partial charge in [-0.25, -0.2) is 4.79 Å². The van der Waals surface area contributed by atoms with Crippen LogP contribution in [0, 0.1) is 11.3 Å². The number of carbonyl (C=O) groups excluding carboxylic acids is 2. The summed E-state index contributed by atoms with van der Waals surface area (Å²) in [5, 5.41) is 8.67. The molecule has 0 heterocycles. The van der Waals surface area contributed by atoms with Crippen LogP contribution in [0.25, 0.3) is 0 Å². The Balaban J connectivity index is 2.82. The third-order valence-corrected chi connectivity index (χ3v) is 2.25. The standard InChI is InChI=1S/C14H13NO4/c1-10(16)19-13(14(17)18-2)8-7-11-3-5-12(9-15)6-4-11/h3-6,8H,7H2,1-2H3. The third-order valence-electron chi connectivity index (χ3n) is 2.25. The summed E-state index contributed by atoms with van der Waals surface area (Å²) in [6.07, 6.45) is 1.86. The minimum Gasteiger partial charge on any atom is -0.463 e. The van der Waals surface area contributed by atoms with Crippen molar-refractivity contribution in [2.24, 2.45) is 0 Å². The number of ether oxygens (including phenoxy) is 2. The van der Waals surface area contributed by atoms with E-state index in [-0.39, 0.29) is 5.76 Å². The van der Waals surface area contributed by atoms with Gasteiger partial charge in [-0.05, 0) is 30.2 Å². The van der Waals surface area contributed by atoms with Gasteiger partial charge in [-0.1, -0.05) is 12.1 Å². The zero-order valence-electron chi connectivity index (χ0n) is 10.7. The molecule has 0 amide bonds. The predicted molar refractivity (Wildman–Crippen MR) is 66.7 cm³/mol. The second kappa shape index (κ2) is 6.97. The van der Waals surface area contributed by atoms with E-state index in [4.69, 9.17) is 10.00 Å². The Morgan fingerprint density at radius 1 is 1.32 bits per heavy atom. The lowest BCUT2D eigenvalue weighted by Crippen LogP contribution is -2.11. The second-order valence-corrected chi connectivity index (χ2v) is 3.67. The van der Waals surface area contributed by atoms with Gasteiger partial charge in [0.25, 0.3) is 0 Å². The number of carbonyl (C=O) groups is 2. The zero-order chi connectivity index (χ0) is 14.3. The highest BCUT2D eigenvalue weighted by molar-refractivity contribution is 5.89. The molecule has 0 spiro atoms. The van der Waals surface area contributed by atoms with Gasteiger partial charge in [-0.2, -0.15) is 5.26 Å². The summed E-state index contributed by atoms with van der Waals surface area (Å²) in [6, 6.07) is 8.88. The molecule has 98 valence electrons. The first-order chi connectivity index (χ1) is 9.06. The van der Waals surface area contributed by atoms with Gasteiger partial charge in [0.15, 0.2) is 0 Å². The van der Waals surface area contributed by atoms with Crippen molar-refractivity contribution in [3.8, 4) is 6.07 Å². The van der Waals surface area contributed by atoms with Crippen LogP contribution in [0.1, 0.15) is 18.1 Å². The van der Waals surface area contributed by atoms with Crippen molar-refractivity contribution >= 4 is 11.9 Å². The van der Waals surface area contributed by atoms with Crippen molar-refractivity contribution in [2.45, 2.75) is 13.3 Å². The summed E-state index contributed by atoms with van der Waals surface area (Å²) in [6.45, 7) is 1.21. The van der Waals surface area contributed by atoms with Crippen molar-refractivity contribution < 1.29 is 19.1 Å². The fourth-order valence-corrected chi connectivity index (χ4v) is 1.35. The van der Waals surface area contributed by atoms with Crippen LogP contribution in [0.15, 0.2) is 36.1 Å². The molecule has 0 bridgehead atoms. The summed E-state index contributed by atoms with van der Waals surface area (Å²) in [5.74, 6) is -1.43. The van der Waals surface area contributed by atoms with Crippen LogP contribution in [0.4, 0.5) is 0 Å². The molecule has 5 nitrogen and oxygen atoms in total. The van der Waals surface area contributed by atoms with Crippen LogP contribution in [0.3, 0.4) is 0 Å². The van der Waals surface area contributed by atoms with Crippen LogP contribution in [-0.4, -0.2) is 19.0 Å². The first kappa shape index (κ1) is 14.5. The van der Waals surface area contributed by atoms with Gasteiger partial charge in [0.05, 0.1) is 18.7 Å². The molecule has 0 radical (unpaired) electrons. The van der Waals surface area contributed by atoms with Crippen LogP contribution in [-0.2, 0) is 25.5 Å². The fourth-order valence-electron chi connectivity index (χ4n) is 1.35. The Bertz CT molecular complexity index is 538. The smallest absolute Gasteiger partial charge is 0.373 e. The maximum Gasteiger partial charge on any atom is 0.373 e. The van der Waals surface area contributed by atoms with Gasteiger partial charge in [-0.15, -0.1) is 0 Å². The van der Waals surface area contributed by atoms with Gasteiger partial charge in [0.2, 0.25) is 5.76 Å². The van der Waals surface area contributed by atoms with E-state index in [1.165, 1.54) is 20.1 Å². The lowest BCUT2D eigenvalue weighted by Gasteiger charge is -2.04. The van der Waals surface area contributed by atoms with E-state index in [2.05, 4.69) is 4.74 Å². The van der Waals surface area contributed by atoms with E-state index in [1.807, 2.05) is 6.07 Å². The third kappa shape index (κ3) is 4.64. The summed E-state index contributed by atoms with van der Waals surface area (Å²) < 4.78 is 9.28. The average Bonchev–Trinajstić information content (AvgIpc) is 2.42. The van der Waals surface area contributed by atoms with Gasteiger partial charge in [-0.3, -0.25) is 4.79 Å². The van der Waals surface area contributed by atoms with Gasteiger partial charge in [0.1, 0.15) is 0 Å². The highest BCUT2D eigenvalue weighted by atomic mass is 16.6. The number of esters is 2. The summed E-state index contributed by atoms with van der Waals surface area (Å²) in [4.78, 5) is 22.2. The van der Waals surface area contributed by atoms with Crippen LogP contribution < -0.4 is 0 Å². The Labute approximate surface area is 111 Å². The molecule has 0 aliphatic carbocycles. The van der Waals surface area contributed by atoms with Crippen LogP contribution in [0.2, 0.25) is 0 Å². The molecular weight excluding hydrogens is 246 g/mol. The molecule has 0 atom stereocenters. The van der Waals surface area contributed by atoms with Crippen molar-refractivity contribution in [3.63, 3.8) is 0 Å². The fraction of sp³-hybridized carbons (Fsp3) is 0.214. The molecule has 1 aromatic carbocycles. The van der Waals surface area contributed by atoms with Gasteiger partial charge < -0.3 is 9.47 Å². The van der Waals surface area contributed by atoms with Crippen LogP contribution >= 0.6 is 0 Å². The van der Waals surface area contributed by atoms with E-state index in [9.17, 15) is 9.59 Å². The predicted octanol–water partition coefficient (Wildman–Crippen LogP) is 1.72. The maximum atomic E-state index is 11.4. The molecule has 1 rings (SSSR count). The van der Waals surface area contributed by atoms with E-state index >= 15 is 0 Å². The molecule has 19 heavy (non-hydrogen) atoms. The van der Waals surface area contributed by atoms with E-state index in [1.54, 1.807) is 24.3 Å². The van der Waals surface area contributed by atoms with Crippen molar-refractivity contribution in [3.05, 3.63) is 47.2 Å². The average molecular weight is 259 g/mol. The molecule has 0 aliphatic heterocycles. The maximum absolute atomic E-state index is 11.4. The highest BCUT2D eigenvalue weighted by Gasteiger charge is 2.13. The molecule has 1 aromatic rings. The molecule has 5 heteroatoms. The van der Waals surface area contributed by atoms with Gasteiger partial charge in [0, 0.05) is 6.92 Å². The molecule has 0 saturated carbocycles. The number of hydrogen-bond acceptors (Lipinski definition) is 5. The normalized spacial score (nSPS) is 10.5. The Morgan fingerprint density at radius 3 is 2.42 bits per heavy atom. The Hall–Kier alpha value is -2.61. The Kier molecular flexibility index (Phi) is 5.30. The summed E-state index contributed by atoms with van der Waals surface area (Å²) in [7, 11) is 1.21. The summed E-state index contributed by atoms with van der Waals surface area (Å²) >= 11 is 0. The monoisotopic (exact) mass is 259 g/mol. The molecule has 0 aliphatic rings. The first-order valence-electron chi connectivity index (χ1n) is 5.52. The molecular formula is C14H13NO4. The number of allylic oxidation sites excluding steroid dienone is 1. The first-order valence-corrected chi connectivity index (χ1v) is 5.52. The molecule has 0 aromatic heterocycles. The number of nitriles is 1. The quantitative estimate of drug-likeness (QED) is 0.467. The minimum atomic E-state index is -0.705. The van der Waals surface area contributed by atoms with E-state index < -0.39 is 11.9 Å². The zero-order valence-corrected chi connectivity index (χ0v) is 10.7. The number of rotatable bonds is 4. The SMILES string of the molecule is COC(=O)C(=CCc1ccc(C#N)cc1)OC(C)=O. The number of methoxy groups -OCH3 is 1. The lowest BCUT2D eigenvalue weighted by atomic mass is 10.1. The molecule has 0 unspecified atom stereocenters. The summed E-state index contributed by atoms with van der Waals surface area (Å²) in [5.41, 5.74) is 1.44. The molecule has 0 fully saturated rings. The van der Waals surface area contributed by atoms with Crippen molar-refractivity contribution in [1.82, 2.24) is 0 Å². The number of nitrogens with zero attached hydrogens (tertiary/aromatic N) is 1. The van der Waals surface area contributed by atoms with Crippen molar-refractivity contribution in [1.29, 1.82) is 5.26 Å². The Morgan fingerprint density at radius 2 is 1.95 bits per heavy atom. The van der Waals surface area contributed by atoms with Crippen molar-refractivity contribution in [2.75, 3.05) is 7.11 Å².